The molecule has 4 rings (SSSR count). The highest BCUT2D eigenvalue weighted by Crippen LogP contribution is 2.44. The van der Waals surface area contributed by atoms with Crippen LogP contribution in [0.25, 0.3) is 0 Å². The molecule has 4 aromatic carbocycles. The van der Waals surface area contributed by atoms with Crippen LogP contribution >= 0.6 is 0 Å². The number of aryl methyl sites for hydroxylation is 3. The number of hydrogen-bond acceptors (Lipinski definition) is 5. The molecule has 0 aromatic heterocycles. The third-order valence-corrected chi connectivity index (χ3v) is 6.11. The van der Waals surface area contributed by atoms with E-state index in [0.717, 1.165) is 44.9 Å². The summed E-state index contributed by atoms with van der Waals surface area (Å²) in [5, 5.41) is 31.6. The highest BCUT2D eigenvalue weighted by molar-refractivity contribution is 5.83. The Labute approximate surface area is 200 Å². The second-order valence-electron chi connectivity index (χ2n) is 8.66. The molecule has 0 spiro atoms. The number of ether oxygens (including phenoxy) is 1. The largest absolute Gasteiger partial charge is 0.507 e. The van der Waals surface area contributed by atoms with Gasteiger partial charge < -0.3 is 25.0 Å². The first kappa shape index (κ1) is 23.1. The first-order chi connectivity index (χ1) is 16.2. The summed E-state index contributed by atoms with van der Waals surface area (Å²) in [6.45, 7) is 9.41. The molecule has 0 radical (unpaired) electrons. The minimum absolute atomic E-state index is 0.0615. The van der Waals surface area contributed by atoms with Gasteiger partial charge in [0.1, 0.15) is 17.2 Å². The summed E-state index contributed by atoms with van der Waals surface area (Å²) in [7, 11) is 0. The van der Waals surface area contributed by atoms with Crippen molar-refractivity contribution in [1.29, 1.82) is 0 Å². The number of benzene rings is 4. The summed E-state index contributed by atoms with van der Waals surface area (Å²) < 4.78 is 6.02. The van der Waals surface area contributed by atoms with Crippen molar-refractivity contribution in [3.8, 4) is 28.7 Å². The molecule has 0 amide bonds. The maximum atomic E-state index is 10.7. The lowest BCUT2D eigenvalue weighted by atomic mass is 10.0. The Balaban J connectivity index is 1.88. The van der Waals surface area contributed by atoms with Crippen LogP contribution in [0.15, 0.2) is 66.7 Å². The summed E-state index contributed by atoms with van der Waals surface area (Å²) in [6, 6.07) is 20.4. The predicted molar refractivity (Wildman–Crippen MR) is 136 cm³/mol. The number of aromatic hydroxyl groups is 3. The Kier molecular flexibility index (Phi) is 6.12. The van der Waals surface area contributed by atoms with Gasteiger partial charge in [-0.1, -0.05) is 24.3 Å². The van der Waals surface area contributed by atoms with Crippen molar-refractivity contribution in [1.82, 2.24) is 0 Å². The lowest BCUT2D eigenvalue weighted by Crippen LogP contribution is -2.13. The molecule has 4 aromatic rings. The zero-order valence-electron chi connectivity index (χ0n) is 20.0. The van der Waals surface area contributed by atoms with Gasteiger partial charge in [0.15, 0.2) is 11.5 Å². The van der Waals surface area contributed by atoms with Crippen LogP contribution in [0.5, 0.6) is 28.7 Å². The van der Waals surface area contributed by atoms with Crippen LogP contribution in [-0.2, 0) is 0 Å². The van der Waals surface area contributed by atoms with Gasteiger partial charge in [-0.05, 0) is 87.7 Å². The fraction of sp³-hybridized carbons (Fsp3) is 0.172. The molecule has 5 heteroatoms. The molecule has 0 fully saturated rings. The predicted octanol–water partition coefficient (Wildman–Crippen LogP) is 7.61. The van der Waals surface area contributed by atoms with Crippen molar-refractivity contribution in [3.63, 3.8) is 0 Å². The van der Waals surface area contributed by atoms with Gasteiger partial charge >= 0.3 is 0 Å². The number of phenols is 3. The van der Waals surface area contributed by atoms with E-state index in [4.69, 9.17) is 4.74 Å². The number of nitrogens with zero attached hydrogens (tertiary/aromatic N) is 1. The maximum Gasteiger partial charge on any atom is 0.169 e. The molecule has 0 heterocycles. The SMILES string of the molecule is Cc1ccc(O)c(Oc2cccc(N(c3ccc(C)c(O)c3C)c3ccc(C)c(O)c3C)c2)c1. The Morgan fingerprint density at radius 3 is 1.82 bits per heavy atom. The summed E-state index contributed by atoms with van der Waals surface area (Å²) in [6.07, 6.45) is 0. The minimum atomic E-state index is 0.0615. The smallest absolute Gasteiger partial charge is 0.169 e. The van der Waals surface area contributed by atoms with Crippen LogP contribution in [0.3, 0.4) is 0 Å². The molecular weight excluding hydrogens is 426 g/mol. The number of hydrogen-bond donors (Lipinski definition) is 3. The van der Waals surface area contributed by atoms with E-state index < -0.39 is 0 Å². The lowest BCUT2D eigenvalue weighted by molar-refractivity contribution is 0.411. The van der Waals surface area contributed by atoms with Crippen molar-refractivity contribution in [3.05, 3.63) is 94.5 Å². The molecule has 34 heavy (non-hydrogen) atoms. The molecule has 0 saturated heterocycles. The normalized spacial score (nSPS) is 10.9. The molecule has 0 saturated carbocycles. The molecule has 0 unspecified atom stereocenters. The first-order valence-electron chi connectivity index (χ1n) is 11.1. The van der Waals surface area contributed by atoms with Gasteiger partial charge in [0.2, 0.25) is 0 Å². The van der Waals surface area contributed by atoms with E-state index >= 15 is 0 Å². The average molecular weight is 456 g/mol. The Morgan fingerprint density at radius 2 is 1.24 bits per heavy atom. The van der Waals surface area contributed by atoms with Crippen molar-refractivity contribution < 1.29 is 20.1 Å². The highest BCUT2D eigenvalue weighted by Gasteiger charge is 2.21. The molecule has 3 N–H and O–H groups in total. The number of anilines is 3. The fourth-order valence-corrected chi connectivity index (χ4v) is 4.06. The van der Waals surface area contributed by atoms with Crippen LogP contribution in [0.4, 0.5) is 17.1 Å². The van der Waals surface area contributed by atoms with Crippen LogP contribution in [0, 0.1) is 34.6 Å². The van der Waals surface area contributed by atoms with Crippen molar-refractivity contribution in [2.24, 2.45) is 0 Å². The van der Waals surface area contributed by atoms with Gasteiger partial charge in [-0.25, -0.2) is 0 Å². The lowest BCUT2D eigenvalue weighted by Gasteiger charge is -2.29. The summed E-state index contributed by atoms with van der Waals surface area (Å²) in [4.78, 5) is 1.99. The van der Waals surface area contributed by atoms with E-state index in [1.807, 2.05) is 94.1 Å². The van der Waals surface area contributed by atoms with Crippen LogP contribution in [-0.4, -0.2) is 15.3 Å². The second kappa shape index (κ2) is 9.02. The van der Waals surface area contributed by atoms with E-state index in [9.17, 15) is 15.3 Å². The third-order valence-electron chi connectivity index (χ3n) is 6.11. The summed E-state index contributed by atoms with van der Waals surface area (Å²) in [5.74, 6) is 1.44. The van der Waals surface area contributed by atoms with Gasteiger partial charge in [0, 0.05) is 22.9 Å². The quantitative estimate of drug-likeness (QED) is 0.289. The summed E-state index contributed by atoms with van der Waals surface area (Å²) in [5.41, 5.74) is 6.34. The molecule has 174 valence electrons. The van der Waals surface area contributed by atoms with Crippen LogP contribution in [0.1, 0.15) is 27.8 Å². The van der Waals surface area contributed by atoms with E-state index in [0.29, 0.717) is 11.5 Å². The first-order valence-corrected chi connectivity index (χ1v) is 11.1. The Morgan fingerprint density at radius 1 is 0.647 bits per heavy atom. The summed E-state index contributed by atoms with van der Waals surface area (Å²) >= 11 is 0. The monoisotopic (exact) mass is 455 g/mol. The van der Waals surface area contributed by atoms with Gasteiger partial charge in [-0.3, -0.25) is 0 Å². The topological polar surface area (TPSA) is 73.2 Å². The standard InChI is InChI=1S/C29H29NO4/c1-17-9-14-26(31)27(15-17)34-23-8-6-7-22(16-23)30(24-12-10-18(2)28(32)20(24)4)25-13-11-19(3)29(33)21(25)5/h6-16,31-33H,1-5H3. The fourth-order valence-electron chi connectivity index (χ4n) is 4.06. The molecule has 0 aliphatic carbocycles. The zero-order valence-corrected chi connectivity index (χ0v) is 20.0. The highest BCUT2D eigenvalue weighted by atomic mass is 16.5. The van der Waals surface area contributed by atoms with Crippen molar-refractivity contribution in [2.45, 2.75) is 34.6 Å². The van der Waals surface area contributed by atoms with Gasteiger partial charge in [0.25, 0.3) is 0 Å². The van der Waals surface area contributed by atoms with E-state index in [-0.39, 0.29) is 17.2 Å². The average Bonchev–Trinajstić information content (AvgIpc) is 2.81. The number of phenolic OH excluding ortho intramolecular Hbond substituents is 3. The Bertz CT molecular complexity index is 1320. The van der Waals surface area contributed by atoms with Crippen LogP contribution < -0.4 is 9.64 Å². The molecule has 0 aliphatic heterocycles. The Hall–Kier alpha value is -4.12. The van der Waals surface area contributed by atoms with E-state index in [1.165, 1.54) is 0 Å². The molecule has 0 bridgehead atoms. The second-order valence-corrected chi connectivity index (χ2v) is 8.66. The third kappa shape index (κ3) is 4.25. The maximum absolute atomic E-state index is 10.7. The molecular formula is C29H29NO4. The molecule has 5 nitrogen and oxygen atoms in total. The van der Waals surface area contributed by atoms with Crippen molar-refractivity contribution >= 4 is 17.1 Å². The minimum Gasteiger partial charge on any atom is -0.507 e. The van der Waals surface area contributed by atoms with E-state index in [2.05, 4.69) is 0 Å². The van der Waals surface area contributed by atoms with Crippen LogP contribution in [0.2, 0.25) is 0 Å². The van der Waals surface area contributed by atoms with E-state index in [1.54, 1.807) is 12.1 Å². The van der Waals surface area contributed by atoms with Gasteiger partial charge in [-0.15, -0.1) is 0 Å². The van der Waals surface area contributed by atoms with Crippen molar-refractivity contribution in [2.75, 3.05) is 4.90 Å². The van der Waals surface area contributed by atoms with Gasteiger partial charge in [-0.2, -0.15) is 0 Å². The molecule has 0 aliphatic rings. The number of rotatable bonds is 5. The molecule has 0 atom stereocenters. The van der Waals surface area contributed by atoms with Gasteiger partial charge in [0.05, 0.1) is 11.4 Å². The zero-order chi connectivity index (χ0) is 24.6.